The summed E-state index contributed by atoms with van der Waals surface area (Å²) in [7, 11) is 1.55. The van der Waals surface area contributed by atoms with Crippen LogP contribution in [0.15, 0.2) is 42.5 Å². The lowest BCUT2D eigenvalue weighted by Crippen LogP contribution is -2.35. The van der Waals surface area contributed by atoms with Gasteiger partial charge in [-0.1, -0.05) is 12.1 Å². The Morgan fingerprint density at radius 2 is 1.94 bits per heavy atom. The fourth-order valence-corrected chi connectivity index (χ4v) is 3.89. The molecule has 0 radical (unpaired) electrons. The van der Waals surface area contributed by atoms with E-state index in [1.54, 1.807) is 48.6 Å². The van der Waals surface area contributed by atoms with Crippen LogP contribution >= 0.6 is 0 Å². The molecule has 1 saturated heterocycles. The second-order valence-electron chi connectivity index (χ2n) is 8.32. The number of nitrogens with one attached hydrogen (secondary N) is 1. The van der Waals surface area contributed by atoms with E-state index in [2.05, 4.69) is 5.32 Å². The molecule has 0 aromatic heterocycles. The van der Waals surface area contributed by atoms with Crippen molar-refractivity contribution in [2.45, 2.75) is 26.5 Å². The normalized spacial score (nSPS) is 15.2. The van der Waals surface area contributed by atoms with E-state index in [9.17, 15) is 14.4 Å². The Morgan fingerprint density at radius 1 is 1.22 bits per heavy atom. The maximum Gasteiger partial charge on any atom is 0.414 e. The SMILES string of the molecule is CCN(CCN(Cc1ccc(C(=O)O)cc1)OC)c1ccc(N2C[C@H](CNC(C)=O)OC2=O)cc1F. The number of likely N-dealkylation sites (N-methyl/N-ethyl adjacent to an activating group) is 1. The molecule has 0 bridgehead atoms. The van der Waals surface area contributed by atoms with Gasteiger partial charge in [-0.15, -0.1) is 0 Å². The number of cyclic esters (lactones) is 1. The van der Waals surface area contributed by atoms with Crippen molar-refractivity contribution < 1.29 is 33.5 Å². The maximum absolute atomic E-state index is 15.1. The average Bonchev–Trinajstić information content (AvgIpc) is 3.23. The van der Waals surface area contributed by atoms with Crippen LogP contribution in [0.4, 0.5) is 20.6 Å². The molecule has 2 aromatic rings. The standard InChI is InChI=1S/C25H31FN4O6/c1-4-28(11-12-29(35-3)15-18-5-7-19(8-6-18)24(32)33)23-10-9-20(13-22(23)26)30-16-21(36-25(30)34)14-27-17(2)31/h5-10,13,21H,4,11-12,14-16H2,1-3H3,(H,27,31)(H,32,33)/t21-/m0/s1. The molecule has 1 aliphatic heterocycles. The lowest BCUT2D eigenvalue weighted by Gasteiger charge is -2.28. The summed E-state index contributed by atoms with van der Waals surface area (Å²) in [4.78, 5) is 43.0. The van der Waals surface area contributed by atoms with Crippen molar-refractivity contribution in [1.82, 2.24) is 10.4 Å². The number of aromatic carboxylic acids is 1. The topological polar surface area (TPSA) is 112 Å². The first-order valence-corrected chi connectivity index (χ1v) is 11.6. The van der Waals surface area contributed by atoms with Gasteiger partial charge in [-0.25, -0.2) is 14.0 Å². The summed E-state index contributed by atoms with van der Waals surface area (Å²) in [6.07, 6.45) is -1.09. The third kappa shape index (κ3) is 6.92. The first-order chi connectivity index (χ1) is 17.2. The van der Waals surface area contributed by atoms with Crippen LogP contribution in [0, 0.1) is 5.82 Å². The van der Waals surface area contributed by atoms with Crippen LogP contribution in [0.25, 0.3) is 0 Å². The molecule has 0 unspecified atom stereocenters. The van der Waals surface area contributed by atoms with Gasteiger partial charge in [0.15, 0.2) is 0 Å². The van der Waals surface area contributed by atoms with Crippen molar-refractivity contribution in [2.75, 3.05) is 49.6 Å². The molecule has 1 aliphatic rings. The first kappa shape index (κ1) is 26.9. The predicted octanol–water partition coefficient (Wildman–Crippen LogP) is 2.88. The number of hydroxylamine groups is 2. The molecule has 194 valence electrons. The van der Waals surface area contributed by atoms with E-state index < -0.39 is 24.0 Å². The molecular formula is C25H31FN4O6. The minimum absolute atomic E-state index is 0.196. The van der Waals surface area contributed by atoms with Crippen molar-refractivity contribution in [3.63, 3.8) is 0 Å². The third-order valence-corrected chi connectivity index (χ3v) is 5.86. The van der Waals surface area contributed by atoms with Crippen LogP contribution in [-0.2, 0) is 20.9 Å². The monoisotopic (exact) mass is 502 g/mol. The number of benzene rings is 2. The summed E-state index contributed by atoms with van der Waals surface area (Å²) in [6.45, 7) is 5.63. The first-order valence-electron chi connectivity index (χ1n) is 11.6. The van der Waals surface area contributed by atoms with E-state index >= 15 is 4.39 Å². The molecule has 10 nitrogen and oxygen atoms in total. The number of rotatable bonds is 12. The Hall–Kier alpha value is -3.70. The number of hydrogen-bond donors (Lipinski definition) is 2. The van der Waals surface area contributed by atoms with Crippen molar-refractivity contribution in [1.29, 1.82) is 0 Å². The number of ether oxygens (including phenoxy) is 1. The average molecular weight is 503 g/mol. The summed E-state index contributed by atoms with van der Waals surface area (Å²) in [5.74, 6) is -1.67. The Labute approximate surface area is 209 Å². The number of carboxylic acid groups (broad SMARTS) is 1. The number of amides is 2. The lowest BCUT2D eigenvalue weighted by molar-refractivity contribution is -0.136. The fraction of sp³-hybridized carbons (Fsp3) is 0.400. The van der Waals surface area contributed by atoms with Gasteiger partial charge in [0.1, 0.15) is 11.9 Å². The molecule has 11 heteroatoms. The Morgan fingerprint density at radius 3 is 2.53 bits per heavy atom. The quantitative estimate of drug-likeness (QED) is 0.426. The van der Waals surface area contributed by atoms with Gasteiger partial charge in [0.05, 0.1) is 37.1 Å². The molecule has 3 rings (SSSR count). The molecule has 1 atom stereocenters. The van der Waals surface area contributed by atoms with Crippen LogP contribution in [0.3, 0.4) is 0 Å². The molecular weight excluding hydrogens is 471 g/mol. The largest absolute Gasteiger partial charge is 0.478 e. The van der Waals surface area contributed by atoms with Gasteiger partial charge < -0.3 is 24.9 Å². The Bertz CT molecular complexity index is 1080. The van der Waals surface area contributed by atoms with E-state index in [0.29, 0.717) is 37.6 Å². The number of halogens is 1. The highest BCUT2D eigenvalue weighted by atomic mass is 19.1. The van der Waals surface area contributed by atoms with E-state index in [4.69, 9.17) is 14.7 Å². The summed E-state index contributed by atoms with van der Waals surface area (Å²) in [5.41, 5.74) is 1.87. The van der Waals surface area contributed by atoms with Crippen LogP contribution in [0.5, 0.6) is 0 Å². The number of hydrogen-bond acceptors (Lipinski definition) is 7. The lowest BCUT2D eigenvalue weighted by atomic mass is 10.1. The smallest absolute Gasteiger partial charge is 0.414 e. The molecule has 0 aliphatic carbocycles. The zero-order valence-electron chi connectivity index (χ0n) is 20.6. The molecule has 2 amide bonds. The van der Waals surface area contributed by atoms with Crippen molar-refractivity contribution in [3.8, 4) is 0 Å². The highest BCUT2D eigenvalue weighted by molar-refractivity contribution is 5.90. The summed E-state index contributed by atoms with van der Waals surface area (Å²) in [6, 6.07) is 11.1. The number of carboxylic acids is 1. The summed E-state index contributed by atoms with van der Waals surface area (Å²) >= 11 is 0. The van der Waals surface area contributed by atoms with Gasteiger partial charge in [-0.3, -0.25) is 9.69 Å². The number of carbonyl (C=O) groups excluding carboxylic acids is 2. The molecule has 0 spiro atoms. The van der Waals surface area contributed by atoms with Crippen LogP contribution in [0.1, 0.15) is 29.8 Å². The Kier molecular flexibility index (Phi) is 9.20. The van der Waals surface area contributed by atoms with E-state index in [-0.39, 0.29) is 24.6 Å². The van der Waals surface area contributed by atoms with Gasteiger partial charge in [-0.2, -0.15) is 5.06 Å². The van der Waals surface area contributed by atoms with Gasteiger partial charge in [0.2, 0.25) is 5.91 Å². The third-order valence-electron chi connectivity index (χ3n) is 5.86. The molecule has 2 N–H and O–H groups in total. The van der Waals surface area contributed by atoms with Gasteiger partial charge >= 0.3 is 12.1 Å². The molecule has 1 heterocycles. The summed E-state index contributed by atoms with van der Waals surface area (Å²) < 4.78 is 20.4. The zero-order chi connectivity index (χ0) is 26.2. The highest BCUT2D eigenvalue weighted by Gasteiger charge is 2.32. The Balaban J connectivity index is 1.61. The second kappa shape index (κ2) is 12.3. The number of anilines is 2. The van der Waals surface area contributed by atoms with Crippen LogP contribution < -0.4 is 15.1 Å². The van der Waals surface area contributed by atoms with Gasteiger partial charge in [-0.05, 0) is 42.8 Å². The van der Waals surface area contributed by atoms with E-state index in [1.165, 1.54) is 17.9 Å². The van der Waals surface area contributed by atoms with Gasteiger partial charge in [0.25, 0.3) is 0 Å². The zero-order valence-corrected chi connectivity index (χ0v) is 20.6. The van der Waals surface area contributed by atoms with Crippen molar-refractivity contribution in [3.05, 3.63) is 59.4 Å². The number of nitrogens with zero attached hydrogens (tertiary/aromatic N) is 3. The molecule has 1 fully saturated rings. The van der Waals surface area contributed by atoms with Crippen LogP contribution in [-0.4, -0.2) is 74.1 Å². The molecule has 2 aromatic carbocycles. The minimum atomic E-state index is -0.983. The summed E-state index contributed by atoms with van der Waals surface area (Å²) in [5, 5.41) is 13.4. The van der Waals surface area contributed by atoms with Crippen molar-refractivity contribution >= 4 is 29.3 Å². The maximum atomic E-state index is 15.1. The van der Waals surface area contributed by atoms with Crippen molar-refractivity contribution in [2.24, 2.45) is 0 Å². The minimum Gasteiger partial charge on any atom is -0.478 e. The molecule has 0 saturated carbocycles. The van der Waals surface area contributed by atoms with Gasteiger partial charge in [0, 0.05) is 33.1 Å². The second-order valence-corrected chi connectivity index (χ2v) is 8.32. The van der Waals surface area contributed by atoms with E-state index in [1.807, 2.05) is 11.8 Å². The molecule has 36 heavy (non-hydrogen) atoms. The fourth-order valence-electron chi connectivity index (χ4n) is 3.89. The number of carbonyl (C=O) groups is 3. The van der Waals surface area contributed by atoms with E-state index in [0.717, 1.165) is 5.56 Å². The predicted molar refractivity (Wildman–Crippen MR) is 131 cm³/mol. The highest BCUT2D eigenvalue weighted by Crippen LogP contribution is 2.28. The van der Waals surface area contributed by atoms with Crippen LogP contribution in [0.2, 0.25) is 0 Å².